The molecule has 0 N–H and O–H groups in total. The van der Waals surface area contributed by atoms with Crippen molar-refractivity contribution >= 4 is 11.9 Å². The van der Waals surface area contributed by atoms with Gasteiger partial charge in [-0.25, -0.2) is 0 Å². The zero-order chi connectivity index (χ0) is 13.2. The Labute approximate surface area is 110 Å². The first-order valence-corrected chi connectivity index (χ1v) is 5.80. The lowest BCUT2D eigenvalue weighted by Gasteiger charge is -2.00. The number of nitrogens with zero attached hydrogens (tertiary/aromatic N) is 1. The van der Waals surface area contributed by atoms with Crippen molar-refractivity contribution in [3.05, 3.63) is 59.6 Å². The molecule has 0 unspecified atom stereocenters. The number of ether oxygens (including phenoxy) is 2. The average molecular weight is 253 g/mol. The number of fused-ring (bicyclic) bond motifs is 1. The van der Waals surface area contributed by atoms with Gasteiger partial charge < -0.3 is 9.47 Å². The highest BCUT2D eigenvalue weighted by Crippen LogP contribution is 2.34. The summed E-state index contributed by atoms with van der Waals surface area (Å²) in [4.78, 5) is 16.2. The molecule has 1 aliphatic heterocycles. The van der Waals surface area contributed by atoms with E-state index in [9.17, 15) is 4.79 Å². The van der Waals surface area contributed by atoms with Crippen LogP contribution in [0, 0.1) is 0 Å². The topological polar surface area (TPSA) is 48.4 Å². The summed E-state index contributed by atoms with van der Waals surface area (Å²) in [5.41, 5.74) is 1.35. The lowest BCUT2D eigenvalue weighted by molar-refractivity contribution is 0.101. The standard InChI is InChI=1S/C15H11NO3/c1-18-11-4-5-13-12(8-11)15(17)14(19-13)7-10-3-2-6-16-9-10/h2-9H,1H3/b14-7-. The molecule has 4 heteroatoms. The van der Waals surface area contributed by atoms with Crippen LogP contribution in [0.2, 0.25) is 0 Å². The molecule has 0 saturated heterocycles. The number of Topliss-reactive ketones (excluding diaryl/α,β-unsaturated/α-hetero) is 1. The van der Waals surface area contributed by atoms with Crippen LogP contribution in [0.5, 0.6) is 11.5 Å². The van der Waals surface area contributed by atoms with Gasteiger partial charge in [-0.05, 0) is 35.9 Å². The molecule has 0 spiro atoms. The van der Waals surface area contributed by atoms with Gasteiger partial charge in [0, 0.05) is 12.4 Å². The van der Waals surface area contributed by atoms with Gasteiger partial charge in [0.05, 0.1) is 12.7 Å². The van der Waals surface area contributed by atoms with Crippen molar-refractivity contribution in [3.8, 4) is 11.5 Å². The molecule has 4 nitrogen and oxygen atoms in total. The number of benzene rings is 1. The van der Waals surface area contributed by atoms with Crippen LogP contribution in [-0.2, 0) is 0 Å². The molecule has 0 amide bonds. The average Bonchev–Trinajstić information content (AvgIpc) is 2.76. The second kappa shape index (κ2) is 4.57. The number of rotatable bonds is 2. The maximum Gasteiger partial charge on any atom is 0.232 e. The van der Waals surface area contributed by atoms with Gasteiger partial charge >= 0.3 is 0 Å². The van der Waals surface area contributed by atoms with E-state index in [1.54, 1.807) is 43.8 Å². The minimum Gasteiger partial charge on any atom is -0.497 e. The van der Waals surface area contributed by atoms with Crippen molar-refractivity contribution in [2.45, 2.75) is 0 Å². The largest absolute Gasteiger partial charge is 0.497 e. The van der Waals surface area contributed by atoms with Gasteiger partial charge in [-0.1, -0.05) is 6.07 Å². The molecular weight excluding hydrogens is 242 g/mol. The predicted octanol–water partition coefficient (Wildman–Crippen LogP) is 2.71. The molecule has 19 heavy (non-hydrogen) atoms. The summed E-state index contributed by atoms with van der Waals surface area (Å²) in [7, 11) is 1.56. The Balaban J connectivity index is 1.97. The van der Waals surface area contributed by atoms with Crippen molar-refractivity contribution in [1.82, 2.24) is 4.98 Å². The lowest BCUT2D eigenvalue weighted by Crippen LogP contribution is -1.98. The van der Waals surface area contributed by atoms with E-state index in [-0.39, 0.29) is 5.78 Å². The fourth-order valence-electron chi connectivity index (χ4n) is 1.91. The maximum atomic E-state index is 12.2. The Kier molecular flexibility index (Phi) is 2.76. The van der Waals surface area contributed by atoms with Gasteiger partial charge in [-0.15, -0.1) is 0 Å². The summed E-state index contributed by atoms with van der Waals surface area (Å²) in [6.45, 7) is 0. The number of aromatic nitrogens is 1. The zero-order valence-electron chi connectivity index (χ0n) is 10.3. The first-order valence-electron chi connectivity index (χ1n) is 5.80. The molecule has 0 atom stereocenters. The van der Waals surface area contributed by atoms with E-state index < -0.39 is 0 Å². The minimum atomic E-state index is -0.141. The summed E-state index contributed by atoms with van der Waals surface area (Å²) in [6.07, 6.45) is 5.04. The first kappa shape index (κ1) is 11.5. The molecule has 94 valence electrons. The zero-order valence-corrected chi connectivity index (χ0v) is 10.3. The molecule has 1 aliphatic rings. The molecule has 0 aliphatic carbocycles. The third kappa shape index (κ3) is 2.08. The molecule has 0 bridgehead atoms. The molecule has 2 heterocycles. The van der Waals surface area contributed by atoms with Gasteiger partial charge in [-0.3, -0.25) is 9.78 Å². The summed E-state index contributed by atoms with van der Waals surface area (Å²) in [6, 6.07) is 8.85. The van der Waals surface area contributed by atoms with Crippen LogP contribution < -0.4 is 9.47 Å². The van der Waals surface area contributed by atoms with Gasteiger partial charge in [0.1, 0.15) is 11.5 Å². The van der Waals surface area contributed by atoms with Crippen molar-refractivity contribution in [2.75, 3.05) is 7.11 Å². The quantitative estimate of drug-likeness (QED) is 0.772. The first-order chi connectivity index (χ1) is 9.28. The molecule has 0 fully saturated rings. The highest BCUT2D eigenvalue weighted by molar-refractivity contribution is 6.14. The summed E-state index contributed by atoms with van der Waals surface area (Å²) >= 11 is 0. The second-order valence-electron chi connectivity index (χ2n) is 4.09. The van der Waals surface area contributed by atoms with E-state index >= 15 is 0 Å². The number of ketones is 1. The molecular formula is C15H11NO3. The number of methoxy groups -OCH3 is 1. The monoisotopic (exact) mass is 253 g/mol. The van der Waals surface area contributed by atoms with Crippen LogP contribution >= 0.6 is 0 Å². The van der Waals surface area contributed by atoms with Crippen molar-refractivity contribution in [1.29, 1.82) is 0 Å². The van der Waals surface area contributed by atoms with Crippen LogP contribution in [0.3, 0.4) is 0 Å². The normalized spacial score (nSPS) is 15.2. The Bertz CT molecular complexity index is 662. The van der Waals surface area contributed by atoms with Crippen molar-refractivity contribution in [3.63, 3.8) is 0 Å². The van der Waals surface area contributed by atoms with E-state index in [0.29, 0.717) is 22.8 Å². The minimum absolute atomic E-state index is 0.141. The molecule has 0 saturated carbocycles. The van der Waals surface area contributed by atoms with E-state index in [1.165, 1.54) is 0 Å². The maximum absolute atomic E-state index is 12.2. The van der Waals surface area contributed by atoms with Gasteiger partial charge in [0.25, 0.3) is 0 Å². The predicted molar refractivity (Wildman–Crippen MR) is 70.2 cm³/mol. The van der Waals surface area contributed by atoms with E-state index in [2.05, 4.69) is 4.98 Å². The smallest absolute Gasteiger partial charge is 0.232 e. The fourth-order valence-corrected chi connectivity index (χ4v) is 1.91. The van der Waals surface area contributed by atoms with E-state index in [0.717, 1.165) is 5.56 Å². The third-order valence-electron chi connectivity index (χ3n) is 2.86. The van der Waals surface area contributed by atoms with E-state index in [4.69, 9.17) is 9.47 Å². The molecule has 3 rings (SSSR count). The van der Waals surface area contributed by atoms with Crippen molar-refractivity contribution in [2.24, 2.45) is 0 Å². The van der Waals surface area contributed by atoms with Gasteiger partial charge in [-0.2, -0.15) is 0 Å². The summed E-state index contributed by atoms with van der Waals surface area (Å²) < 4.78 is 10.7. The summed E-state index contributed by atoms with van der Waals surface area (Å²) in [5.74, 6) is 1.35. The van der Waals surface area contributed by atoms with Gasteiger partial charge in [0.2, 0.25) is 5.78 Å². The number of carbonyl (C=O) groups is 1. The van der Waals surface area contributed by atoms with Crippen LogP contribution in [-0.4, -0.2) is 17.9 Å². The molecule has 1 aromatic heterocycles. The fraction of sp³-hybridized carbons (Fsp3) is 0.0667. The summed E-state index contributed by atoms with van der Waals surface area (Å²) in [5, 5.41) is 0. The van der Waals surface area contributed by atoms with Gasteiger partial charge in [0.15, 0.2) is 5.76 Å². The van der Waals surface area contributed by atoms with Crippen molar-refractivity contribution < 1.29 is 14.3 Å². The number of allylic oxidation sites excluding steroid dienone is 1. The number of hydrogen-bond donors (Lipinski definition) is 0. The molecule has 1 aromatic carbocycles. The third-order valence-corrected chi connectivity index (χ3v) is 2.86. The lowest BCUT2D eigenvalue weighted by atomic mass is 10.1. The number of carbonyl (C=O) groups excluding carboxylic acids is 1. The number of hydrogen-bond acceptors (Lipinski definition) is 4. The van der Waals surface area contributed by atoms with Crippen LogP contribution in [0.25, 0.3) is 6.08 Å². The second-order valence-corrected chi connectivity index (χ2v) is 4.09. The Morgan fingerprint density at radius 2 is 2.21 bits per heavy atom. The highest BCUT2D eigenvalue weighted by atomic mass is 16.5. The molecule has 0 radical (unpaired) electrons. The Morgan fingerprint density at radius 3 is 2.95 bits per heavy atom. The Hall–Kier alpha value is -2.62. The van der Waals surface area contributed by atoms with Crippen LogP contribution in [0.4, 0.5) is 0 Å². The Morgan fingerprint density at radius 1 is 1.32 bits per heavy atom. The van der Waals surface area contributed by atoms with Crippen LogP contribution in [0.1, 0.15) is 15.9 Å². The van der Waals surface area contributed by atoms with Crippen LogP contribution in [0.15, 0.2) is 48.5 Å². The molecule has 2 aromatic rings. The van der Waals surface area contributed by atoms with E-state index in [1.807, 2.05) is 12.1 Å². The highest BCUT2D eigenvalue weighted by Gasteiger charge is 2.27. The SMILES string of the molecule is COc1ccc2c(c1)C(=O)/C(=C/c1cccnc1)O2. The number of pyridine rings is 1.